The van der Waals surface area contributed by atoms with Crippen LogP contribution in [-0.4, -0.2) is 54.6 Å². The number of nitrogens with zero attached hydrogens (tertiary/aromatic N) is 3. The van der Waals surface area contributed by atoms with Crippen molar-refractivity contribution in [2.24, 2.45) is 5.14 Å². The minimum Gasteiger partial charge on any atom is -0.354 e. The number of hydrogen-bond donors (Lipinski definition) is 2. The lowest BCUT2D eigenvalue weighted by Crippen LogP contribution is -2.43. The second kappa shape index (κ2) is 9.58. The molecule has 2 rings (SSSR count). The van der Waals surface area contributed by atoms with Gasteiger partial charge in [0.05, 0.1) is 17.5 Å². The Kier molecular flexibility index (Phi) is 7.61. The Morgan fingerprint density at radius 3 is 2.50 bits per heavy atom. The predicted octanol–water partition coefficient (Wildman–Crippen LogP) is 1.27. The van der Waals surface area contributed by atoms with Gasteiger partial charge in [-0.2, -0.15) is 13.2 Å². The highest BCUT2D eigenvalue weighted by Crippen LogP contribution is 2.19. The van der Waals surface area contributed by atoms with E-state index >= 15 is 0 Å². The molecule has 166 valence electrons. The smallest absolute Gasteiger partial charge is 0.354 e. The van der Waals surface area contributed by atoms with Crippen molar-refractivity contribution in [3.8, 4) is 0 Å². The van der Waals surface area contributed by atoms with Gasteiger partial charge in [0.1, 0.15) is 12.4 Å². The van der Waals surface area contributed by atoms with Gasteiger partial charge in [0.2, 0.25) is 15.9 Å². The van der Waals surface area contributed by atoms with Crippen LogP contribution in [0.15, 0.2) is 41.6 Å². The van der Waals surface area contributed by atoms with Gasteiger partial charge in [-0.05, 0) is 38.1 Å². The number of halogens is 3. The molecule has 0 saturated carbocycles. The van der Waals surface area contributed by atoms with Crippen molar-refractivity contribution in [2.45, 2.75) is 43.5 Å². The molecule has 0 aliphatic rings. The summed E-state index contributed by atoms with van der Waals surface area (Å²) in [6, 6.07) is 5.42. The van der Waals surface area contributed by atoms with Gasteiger partial charge in [-0.15, -0.1) is 0 Å². The average molecular weight is 447 g/mol. The van der Waals surface area contributed by atoms with Gasteiger partial charge in [-0.3, -0.25) is 9.69 Å². The number of nitrogens with two attached hydrogens (primary N) is 1. The maximum atomic E-state index is 12.6. The van der Waals surface area contributed by atoms with Gasteiger partial charge in [0.25, 0.3) is 0 Å². The molecule has 0 fully saturated rings. The van der Waals surface area contributed by atoms with Crippen molar-refractivity contribution in [2.75, 3.05) is 13.6 Å². The van der Waals surface area contributed by atoms with Gasteiger partial charge in [-0.1, -0.05) is 12.1 Å². The zero-order chi connectivity index (χ0) is 22.5. The van der Waals surface area contributed by atoms with Crippen LogP contribution in [0.3, 0.4) is 0 Å². The minimum absolute atomic E-state index is 0.00872. The van der Waals surface area contributed by atoms with E-state index < -0.39 is 28.8 Å². The lowest BCUT2D eigenvalue weighted by molar-refractivity contribution is -0.141. The van der Waals surface area contributed by atoms with Crippen molar-refractivity contribution in [3.05, 3.63) is 48.0 Å². The molecule has 1 aromatic carbocycles. The summed E-state index contributed by atoms with van der Waals surface area (Å²) in [7, 11) is -2.13. The number of aromatic nitrogens is 2. The van der Waals surface area contributed by atoms with Gasteiger partial charge >= 0.3 is 6.18 Å². The number of alkyl halides is 3. The van der Waals surface area contributed by atoms with Gasteiger partial charge < -0.3 is 9.88 Å². The van der Waals surface area contributed by atoms with Crippen molar-refractivity contribution in [3.63, 3.8) is 0 Å². The topological polar surface area (TPSA) is 110 Å². The zero-order valence-electron chi connectivity index (χ0n) is 16.6. The molecule has 30 heavy (non-hydrogen) atoms. The van der Waals surface area contributed by atoms with Crippen molar-refractivity contribution < 1.29 is 26.4 Å². The number of carbonyl (C=O) groups is 1. The molecular weight excluding hydrogens is 423 g/mol. The third-order valence-electron chi connectivity index (χ3n) is 4.55. The van der Waals surface area contributed by atoms with Crippen LogP contribution in [0.1, 0.15) is 18.3 Å². The minimum atomic E-state index is -4.36. The van der Waals surface area contributed by atoms with Gasteiger partial charge in [0.15, 0.2) is 0 Å². The van der Waals surface area contributed by atoms with Gasteiger partial charge in [0, 0.05) is 18.9 Å². The van der Waals surface area contributed by atoms with E-state index in [1.165, 1.54) is 24.5 Å². The van der Waals surface area contributed by atoms with E-state index in [9.17, 15) is 26.4 Å². The average Bonchev–Trinajstić information content (AvgIpc) is 3.05. The molecule has 8 nitrogen and oxygen atoms in total. The normalized spacial score (nSPS) is 13.4. The molecule has 12 heteroatoms. The Labute approximate surface area is 172 Å². The van der Waals surface area contributed by atoms with Crippen LogP contribution in [0.25, 0.3) is 0 Å². The lowest BCUT2D eigenvalue weighted by Gasteiger charge is -2.24. The van der Waals surface area contributed by atoms with Crippen molar-refractivity contribution >= 4 is 15.9 Å². The van der Waals surface area contributed by atoms with Crippen LogP contribution in [-0.2, 0) is 34.3 Å². The third-order valence-corrected chi connectivity index (χ3v) is 5.48. The van der Waals surface area contributed by atoms with Gasteiger partial charge in [-0.25, -0.2) is 18.5 Å². The number of amides is 1. The lowest BCUT2D eigenvalue weighted by atomic mass is 10.1. The number of rotatable bonds is 9. The fourth-order valence-electron chi connectivity index (χ4n) is 2.71. The van der Waals surface area contributed by atoms with E-state index in [1.807, 2.05) is 0 Å². The number of likely N-dealkylation sites (N-methyl/N-ethyl adjacent to an activating group) is 1. The third kappa shape index (κ3) is 7.11. The molecule has 0 aliphatic carbocycles. The largest absolute Gasteiger partial charge is 0.406 e. The molecule has 0 radical (unpaired) electrons. The van der Waals surface area contributed by atoms with E-state index in [2.05, 4.69) is 10.3 Å². The van der Waals surface area contributed by atoms with Crippen LogP contribution in [0.4, 0.5) is 13.2 Å². The molecule has 1 unspecified atom stereocenters. The maximum Gasteiger partial charge on any atom is 0.406 e. The Bertz CT molecular complexity index is 958. The number of nitrogens with one attached hydrogen (secondary N) is 1. The maximum absolute atomic E-state index is 12.6. The quantitative estimate of drug-likeness (QED) is 0.602. The summed E-state index contributed by atoms with van der Waals surface area (Å²) < 4.78 is 61.4. The molecule has 0 saturated heterocycles. The summed E-state index contributed by atoms with van der Waals surface area (Å²) in [6.45, 7) is 0.898. The molecule has 1 heterocycles. The summed E-state index contributed by atoms with van der Waals surface area (Å²) in [4.78, 5) is 17.9. The molecule has 1 aromatic heterocycles. The number of imidazole rings is 1. The summed E-state index contributed by atoms with van der Waals surface area (Å²) in [6.07, 6.45) is -1.34. The molecule has 2 aromatic rings. The molecule has 1 amide bonds. The van der Waals surface area contributed by atoms with Crippen LogP contribution >= 0.6 is 0 Å². The van der Waals surface area contributed by atoms with Crippen LogP contribution < -0.4 is 10.5 Å². The zero-order valence-corrected chi connectivity index (χ0v) is 17.4. The van der Waals surface area contributed by atoms with Crippen LogP contribution in [0.2, 0.25) is 0 Å². The Morgan fingerprint density at radius 2 is 1.93 bits per heavy atom. The Balaban J connectivity index is 1.85. The summed E-state index contributed by atoms with van der Waals surface area (Å²) >= 11 is 0. The number of sulfonamides is 1. The first-order valence-electron chi connectivity index (χ1n) is 9.03. The highest BCUT2D eigenvalue weighted by atomic mass is 32.2. The van der Waals surface area contributed by atoms with Crippen molar-refractivity contribution in [1.29, 1.82) is 0 Å². The molecular formula is C18H24F3N5O3S. The second-order valence-corrected chi connectivity index (χ2v) is 8.47. The molecule has 0 aliphatic heterocycles. The first kappa shape index (κ1) is 23.8. The van der Waals surface area contributed by atoms with E-state index in [0.717, 1.165) is 10.1 Å². The fraction of sp³-hybridized carbons (Fsp3) is 0.444. The number of hydrogen-bond acceptors (Lipinski definition) is 5. The van der Waals surface area contributed by atoms with Crippen LogP contribution in [0, 0.1) is 0 Å². The van der Waals surface area contributed by atoms with Crippen molar-refractivity contribution in [1.82, 2.24) is 19.8 Å². The van der Waals surface area contributed by atoms with Crippen LogP contribution in [0.5, 0.6) is 0 Å². The molecule has 0 bridgehead atoms. The Hall–Kier alpha value is -2.44. The SMILES string of the molecule is CC(C(=O)NCCc1ccc(S(N)(=O)=O)cc1)N(C)Cc1nccn1CC(F)(F)F. The summed E-state index contributed by atoms with van der Waals surface area (Å²) in [5, 5.41) is 7.80. The summed E-state index contributed by atoms with van der Waals surface area (Å²) in [5.41, 5.74) is 0.817. The van der Waals surface area contributed by atoms with E-state index in [1.54, 1.807) is 31.0 Å². The predicted molar refractivity (Wildman–Crippen MR) is 104 cm³/mol. The number of primary sulfonamides is 1. The first-order valence-corrected chi connectivity index (χ1v) is 10.6. The highest BCUT2D eigenvalue weighted by molar-refractivity contribution is 7.89. The standard InChI is InChI=1S/C18H24F3N5O3S/c1-13(25(2)11-16-23-9-10-26(16)12-18(19,20)21)17(27)24-8-7-14-3-5-15(6-4-14)30(22,28)29/h3-6,9-10,13H,7-8,11-12H2,1-2H3,(H,24,27)(H2,22,28,29). The monoisotopic (exact) mass is 447 g/mol. The fourth-order valence-corrected chi connectivity index (χ4v) is 3.23. The Morgan fingerprint density at radius 1 is 1.30 bits per heavy atom. The highest BCUT2D eigenvalue weighted by Gasteiger charge is 2.29. The molecule has 1 atom stereocenters. The molecule has 0 spiro atoms. The first-order chi connectivity index (χ1) is 13.9. The number of benzene rings is 1. The van der Waals surface area contributed by atoms with E-state index in [4.69, 9.17) is 5.14 Å². The summed E-state index contributed by atoms with van der Waals surface area (Å²) in [5.74, 6) is -0.0722. The van der Waals surface area contributed by atoms with E-state index in [0.29, 0.717) is 13.0 Å². The number of carbonyl (C=O) groups excluding carboxylic acids is 1. The van der Waals surface area contributed by atoms with E-state index in [-0.39, 0.29) is 23.2 Å². The second-order valence-electron chi connectivity index (χ2n) is 6.91. The molecule has 3 N–H and O–H groups in total.